The fourth-order valence-electron chi connectivity index (χ4n) is 2.05. The van der Waals surface area contributed by atoms with Gasteiger partial charge in [-0.2, -0.15) is 0 Å². The fraction of sp³-hybridized carbons (Fsp3) is 0.500. The van der Waals surface area contributed by atoms with Gasteiger partial charge in [0.2, 0.25) is 0 Å². The predicted octanol–water partition coefficient (Wildman–Crippen LogP) is 2.55. The van der Waals surface area contributed by atoms with E-state index in [1.807, 2.05) is 24.8 Å². The van der Waals surface area contributed by atoms with Gasteiger partial charge in [-0.1, -0.05) is 19.1 Å². The van der Waals surface area contributed by atoms with E-state index in [1.54, 1.807) is 6.07 Å². The van der Waals surface area contributed by atoms with Crippen LogP contribution in [0.25, 0.3) is 0 Å². The molecule has 0 heterocycles. The van der Waals surface area contributed by atoms with Crippen molar-refractivity contribution in [2.45, 2.75) is 32.7 Å². The molecule has 0 bridgehead atoms. The third-order valence-corrected chi connectivity index (χ3v) is 2.89. The Bertz CT molecular complexity index is 395. The minimum absolute atomic E-state index is 0.0321. The van der Waals surface area contributed by atoms with Gasteiger partial charge < -0.3 is 5.11 Å². The highest BCUT2D eigenvalue weighted by Crippen LogP contribution is 2.11. The largest absolute Gasteiger partial charge is 0.480 e. The molecule has 0 spiro atoms. The van der Waals surface area contributed by atoms with Crippen LogP contribution >= 0.6 is 0 Å². The van der Waals surface area contributed by atoms with E-state index in [-0.39, 0.29) is 18.4 Å². The Kier molecular flexibility index (Phi) is 5.78. The van der Waals surface area contributed by atoms with Crippen LogP contribution in [-0.2, 0) is 11.2 Å². The van der Waals surface area contributed by atoms with Gasteiger partial charge in [0.15, 0.2) is 0 Å². The third kappa shape index (κ3) is 4.84. The summed E-state index contributed by atoms with van der Waals surface area (Å²) < 4.78 is 13.1. The Hall–Kier alpha value is -1.42. The molecule has 1 unspecified atom stereocenters. The van der Waals surface area contributed by atoms with E-state index < -0.39 is 5.97 Å². The zero-order valence-corrected chi connectivity index (χ0v) is 10.9. The summed E-state index contributed by atoms with van der Waals surface area (Å²) in [5, 5.41) is 8.87. The van der Waals surface area contributed by atoms with Gasteiger partial charge in [0.25, 0.3) is 0 Å². The van der Waals surface area contributed by atoms with Gasteiger partial charge in [0.05, 0.1) is 6.54 Å². The molecule has 0 aliphatic rings. The summed E-state index contributed by atoms with van der Waals surface area (Å²) in [6, 6.07) is 6.54. The van der Waals surface area contributed by atoms with E-state index in [9.17, 15) is 9.18 Å². The van der Waals surface area contributed by atoms with E-state index in [0.29, 0.717) is 6.42 Å². The van der Waals surface area contributed by atoms with Crippen LogP contribution in [0.4, 0.5) is 4.39 Å². The second-order valence-electron chi connectivity index (χ2n) is 4.55. The van der Waals surface area contributed by atoms with Crippen molar-refractivity contribution in [1.82, 2.24) is 4.90 Å². The quantitative estimate of drug-likeness (QED) is 0.812. The van der Waals surface area contributed by atoms with Gasteiger partial charge in [-0.05, 0) is 44.0 Å². The molecule has 1 N–H and O–H groups in total. The second kappa shape index (κ2) is 7.11. The van der Waals surface area contributed by atoms with E-state index in [1.165, 1.54) is 12.1 Å². The van der Waals surface area contributed by atoms with Crippen molar-refractivity contribution in [3.05, 3.63) is 35.6 Å². The number of carboxylic acid groups (broad SMARTS) is 1. The summed E-state index contributed by atoms with van der Waals surface area (Å²) in [5.41, 5.74) is 0.897. The molecule has 0 aliphatic carbocycles. The Balaban J connectivity index is 2.65. The number of benzene rings is 1. The van der Waals surface area contributed by atoms with E-state index in [4.69, 9.17) is 5.11 Å². The standard InChI is InChI=1S/C14H20FNO2/c1-3-7-16(10-14(17)18)11(2)8-12-5-4-6-13(15)9-12/h4-6,9,11H,3,7-8,10H2,1-2H3,(H,17,18). The molecule has 0 aromatic heterocycles. The molecule has 0 fully saturated rings. The first-order valence-electron chi connectivity index (χ1n) is 6.23. The van der Waals surface area contributed by atoms with Gasteiger partial charge in [-0.15, -0.1) is 0 Å². The molecule has 18 heavy (non-hydrogen) atoms. The minimum atomic E-state index is -0.824. The average Bonchev–Trinajstić information content (AvgIpc) is 2.27. The number of halogens is 1. The smallest absolute Gasteiger partial charge is 0.317 e. The Morgan fingerprint density at radius 2 is 2.22 bits per heavy atom. The van der Waals surface area contributed by atoms with Crippen LogP contribution in [-0.4, -0.2) is 35.1 Å². The normalized spacial score (nSPS) is 12.7. The van der Waals surface area contributed by atoms with E-state index in [0.717, 1.165) is 18.5 Å². The number of carboxylic acids is 1. The Morgan fingerprint density at radius 3 is 2.78 bits per heavy atom. The van der Waals surface area contributed by atoms with Crippen molar-refractivity contribution in [3.8, 4) is 0 Å². The van der Waals surface area contributed by atoms with Crippen LogP contribution in [0.5, 0.6) is 0 Å². The molecular formula is C14H20FNO2. The van der Waals surface area contributed by atoms with Crippen molar-refractivity contribution in [2.24, 2.45) is 0 Å². The maximum absolute atomic E-state index is 13.1. The van der Waals surface area contributed by atoms with Gasteiger partial charge in [0.1, 0.15) is 5.82 Å². The first-order chi connectivity index (χ1) is 8.52. The Morgan fingerprint density at radius 1 is 1.50 bits per heavy atom. The molecule has 3 nitrogen and oxygen atoms in total. The number of rotatable bonds is 7. The molecule has 0 aliphatic heterocycles. The van der Waals surface area contributed by atoms with Crippen LogP contribution in [0.15, 0.2) is 24.3 Å². The molecule has 4 heteroatoms. The first-order valence-corrected chi connectivity index (χ1v) is 6.23. The second-order valence-corrected chi connectivity index (χ2v) is 4.55. The summed E-state index contributed by atoms with van der Waals surface area (Å²) >= 11 is 0. The van der Waals surface area contributed by atoms with Crippen molar-refractivity contribution in [2.75, 3.05) is 13.1 Å². The zero-order chi connectivity index (χ0) is 13.5. The molecule has 1 atom stereocenters. The van der Waals surface area contributed by atoms with Crippen molar-refractivity contribution < 1.29 is 14.3 Å². The van der Waals surface area contributed by atoms with Crippen LogP contribution in [0.2, 0.25) is 0 Å². The van der Waals surface area contributed by atoms with E-state index in [2.05, 4.69) is 0 Å². The lowest BCUT2D eigenvalue weighted by Gasteiger charge is -2.27. The summed E-state index contributed by atoms with van der Waals surface area (Å²) in [6.07, 6.45) is 1.56. The fourth-order valence-corrected chi connectivity index (χ4v) is 2.05. The van der Waals surface area contributed by atoms with E-state index >= 15 is 0 Å². The van der Waals surface area contributed by atoms with Crippen LogP contribution in [0, 0.1) is 5.82 Å². The highest BCUT2D eigenvalue weighted by atomic mass is 19.1. The van der Waals surface area contributed by atoms with Crippen molar-refractivity contribution in [1.29, 1.82) is 0 Å². The van der Waals surface area contributed by atoms with Crippen LogP contribution in [0.1, 0.15) is 25.8 Å². The molecule has 1 aromatic carbocycles. The first kappa shape index (κ1) is 14.6. The van der Waals surface area contributed by atoms with Crippen molar-refractivity contribution in [3.63, 3.8) is 0 Å². The van der Waals surface area contributed by atoms with Gasteiger partial charge in [0, 0.05) is 6.04 Å². The summed E-state index contributed by atoms with van der Waals surface area (Å²) in [4.78, 5) is 12.7. The van der Waals surface area contributed by atoms with Gasteiger partial charge >= 0.3 is 5.97 Å². The zero-order valence-electron chi connectivity index (χ0n) is 10.9. The maximum Gasteiger partial charge on any atom is 0.317 e. The number of carbonyl (C=O) groups is 1. The number of aliphatic carboxylic acids is 1. The molecule has 0 saturated carbocycles. The monoisotopic (exact) mass is 253 g/mol. The molecule has 1 rings (SSSR count). The lowest BCUT2D eigenvalue weighted by molar-refractivity contribution is -0.138. The summed E-state index contributed by atoms with van der Waals surface area (Å²) in [6.45, 7) is 4.76. The van der Waals surface area contributed by atoms with Crippen LogP contribution < -0.4 is 0 Å². The lowest BCUT2D eigenvalue weighted by Crippen LogP contribution is -2.39. The van der Waals surface area contributed by atoms with Gasteiger partial charge in [-0.3, -0.25) is 9.69 Å². The number of hydrogen-bond donors (Lipinski definition) is 1. The molecule has 0 radical (unpaired) electrons. The summed E-state index contributed by atoms with van der Waals surface area (Å²) in [5.74, 6) is -1.07. The molecular weight excluding hydrogens is 233 g/mol. The van der Waals surface area contributed by atoms with Crippen molar-refractivity contribution >= 4 is 5.97 Å². The van der Waals surface area contributed by atoms with Crippen LogP contribution in [0.3, 0.4) is 0 Å². The highest BCUT2D eigenvalue weighted by Gasteiger charge is 2.16. The molecule has 0 saturated heterocycles. The number of hydrogen-bond acceptors (Lipinski definition) is 2. The SMILES string of the molecule is CCCN(CC(=O)O)C(C)Cc1cccc(F)c1. The maximum atomic E-state index is 13.1. The molecule has 1 aromatic rings. The molecule has 100 valence electrons. The highest BCUT2D eigenvalue weighted by molar-refractivity contribution is 5.69. The molecule has 0 amide bonds. The predicted molar refractivity (Wildman–Crippen MR) is 69.1 cm³/mol. The average molecular weight is 253 g/mol. The Labute approximate surface area is 107 Å². The summed E-state index contributed by atoms with van der Waals surface area (Å²) in [7, 11) is 0. The minimum Gasteiger partial charge on any atom is -0.480 e. The third-order valence-electron chi connectivity index (χ3n) is 2.89. The topological polar surface area (TPSA) is 40.5 Å². The number of nitrogens with zero attached hydrogens (tertiary/aromatic N) is 1. The lowest BCUT2D eigenvalue weighted by atomic mass is 10.1. The van der Waals surface area contributed by atoms with Gasteiger partial charge in [-0.25, -0.2) is 4.39 Å².